The van der Waals surface area contributed by atoms with Crippen LogP contribution in [0.3, 0.4) is 0 Å². The van der Waals surface area contributed by atoms with Crippen LogP contribution in [0, 0.1) is 5.41 Å². The number of methoxy groups -OCH3 is 2. The molecule has 2 amide bonds. The van der Waals surface area contributed by atoms with E-state index in [1.54, 1.807) is 0 Å². The first kappa shape index (κ1) is 21.1. The Morgan fingerprint density at radius 1 is 1.00 bits per heavy atom. The van der Waals surface area contributed by atoms with Gasteiger partial charge in [0.2, 0.25) is 0 Å². The second kappa shape index (κ2) is 7.95. The van der Waals surface area contributed by atoms with E-state index in [9.17, 15) is 9.59 Å². The van der Waals surface area contributed by atoms with Crippen LogP contribution in [0.25, 0.3) is 0 Å². The predicted octanol–water partition coefficient (Wildman–Crippen LogP) is 3.63. The fraction of sp³-hybridized carbons (Fsp3) is 0.556. The van der Waals surface area contributed by atoms with Crippen LogP contribution in [-0.4, -0.2) is 31.6 Å². The Balaban J connectivity index is 2.90. The number of halogens is 1. The average molecular weight is 371 g/mol. The Kier molecular flexibility index (Phi) is 6.71. The average Bonchev–Trinajstić information content (AvgIpc) is 2.45. The molecule has 0 atom stereocenters. The quantitative estimate of drug-likeness (QED) is 0.776. The number of hydrogen-bond donors (Lipinski definition) is 2. The van der Waals surface area contributed by atoms with Crippen LogP contribution in [0.1, 0.15) is 41.0 Å². The zero-order chi connectivity index (χ0) is 19.4. The van der Waals surface area contributed by atoms with Crippen molar-refractivity contribution in [2.24, 2.45) is 5.41 Å². The number of benzene rings is 1. The number of carbonyl (C=O) groups excluding carboxylic acids is 2. The van der Waals surface area contributed by atoms with Crippen molar-refractivity contribution in [2.75, 3.05) is 19.5 Å². The Morgan fingerprint density at radius 2 is 1.56 bits per heavy atom. The second-order valence-electron chi connectivity index (χ2n) is 7.72. The summed E-state index contributed by atoms with van der Waals surface area (Å²) in [4.78, 5) is 24.5. The number of ether oxygens (including phenoxy) is 2. The van der Waals surface area contributed by atoms with Gasteiger partial charge < -0.3 is 20.1 Å². The summed E-state index contributed by atoms with van der Waals surface area (Å²) in [7, 11) is 2.90. The Morgan fingerprint density at radius 3 is 2.04 bits per heavy atom. The standard InChI is InChI=1S/C18H27ClN2O4/c1-17(2,3)10-18(4,5)21-16(23)15(22)20-12-9-13(24-6)11(19)8-14(12)25-7/h8-9H,10H2,1-7H3,(H,20,22)(H,21,23). The fourth-order valence-corrected chi connectivity index (χ4v) is 3.10. The molecule has 0 radical (unpaired) electrons. The lowest BCUT2D eigenvalue weighted by Crippen LogP contribution is -2.49. The van der Waals surface area contributed by atoms with Gasteiger partial charge in [-0.05, 0) is 25.7 Å². The number of hydrogen-bond acceptors (Lipinski definition) is 4. The van der Waals surface area contributed by atoms with Gasteiger partial charge in [-0.3, -0.25) is 9.59 Å². The molecule has 7 heteroatoms. The summed E-state index contributed by atoms with van der Waals surface area (Å²) in [5.41, 5.74) is -0.202. The molecule has 0 spiro atoms. The topological polar surface area (TPSA) is 76.7 Å². The molecular formula is C18H27ClN2O4. The van der Waals surface area contributed by atoms with Crippen molar-refractivity contribution in [3.63, 3.8) is 0 Å². The normalized spacial score (nSPS) is 11.7. The van der Waals surface area contributed by atoms with E-state index in [1.807, 2.05) is 13.8 Å². The number of amides is 2. The minimum atomic E-state index is -0.787. The molecule has 0 fully saturated rings. The molecule has 0 bridgehead atoms. The van der Waals surface area contributed by atoms with E-state index < -0.39 is 17.4 Å². The summed E-state index contributed by atoms with van der Waals surface area (Å²) in [5.74, 6) is -0.804. The number of carbonyl (C=O) groups is 2. The molecule has 0 aliphatic rings. The third kappa shape index (κ3) is 6.46. The molecule has 0 aliphatic heterocycles. The highest BCUT2D eigenvalue weighted by Gasteiger charge is 2.29. The third-order valence-corrected chi connectivity index (χ3v) is 3.65. The van der Waals surface area contributed by atoms with Crippen molar-refractivity contribution in [1.82, 2.24) is 5.32 Å². The minimum absolute atomic E-state index is 0.0139. The van der Waals surface area contributed by atoms with Gasteiger partial charge in [0.05, 0.1) is 24.9 Å². The molecule has 0 heterocycles. The summed E-state index contributed by atoms with van der Waals surface area (Å²) in [5, 5.41) is 5.64. The first-order valence-corrected chi connectivity index (χ1v) is 8.31. The lowest BCUT2D eigenvalue weighted by atomic mass is 9.82. The monoisotopic (exact) mass is 370 g/mol. The summed E-state index contributed by atoms with van der Waals surface area (Å²) in [6.45, 7) is 9.99. The molecule has 0 unspecified atom stereocenters. The van der Waals surface area contributed by atoms with Gasteiger partial charge in [0.15, 0.2) is 0 Å². The Labute approximate surface area is 154 Å². The SMILES string of the molecule is COc1cc(NC(=O)C(=O)NC(C)(C)CC(C)(C)C)c(OC)cc1Cl. The first-order chi connectivity index (χ1) is 11.4. The van der Waals surface area contributed by atoms with Gasteiger partial charge in [-0.1, -0.05) is 32.4 Å². The second-order valence-corrected chi connectivity index (χ2v) is 8.12. The maximum atomic E-state index is 12.3. The van der Waals surface area contributed by atoms with Gasteiger partial charge in [0.1, 0.15) is 11.5 Å². The number of nitrogens with one attached hydrogen (secondary N) is 2. The zero-order valence-electron chi connectivity index (χ0n) is 15.9. The van der Waals surface area contributed by atoms with Crippen LogP contribution in [0.5, 0.6) is 11.5 Å². The van der Waals surface area contributed by atoms with Gasteiger partial charge in [0.25, 0.3) is 0 Å². The molecule has 140 valence electrons. The number of anilines is 1. The van der Waals surface area contributed by atoms with Crippen LogP contribution in [0.15, 0.2) is 12.1 Å². The Hall–Kier alpha value is -1.95. The third-order valence-electron chi connectivity index (χ3n) is 3.35. The molecule has 25 heavy (non-hydrogen) atoms. The van der Waals surface area contributed by atoms with Crippen LogP contribution >= 0.6 is 11.6 Å². The minimum Gasteiger partial charge on any atom is -0.495 e. The highest BCUT2D eigenvalue weighted by atomic mass is 35.5. The van der Waals surface area contributed by atoms with E-state index in [2.05, 4.69) is 31.4 Å². The molecule has 1 aromatic rings. The molecule has 0 saturated heterocycles. The van der Waals surface area contributed by atoms with E-state index in [0.29, 0.717) is 22.2 Å². The van der Waals surface area contributed by atoms with E-state index in [-0.39, 0.29) is 5.41 Å². The van der Waals surface area contributed by atoms with E-state index in [4.69, 9.17) is 21.1 Å². The van der Waals surface area contributed by atoms with Crippen LogP contribution in [0.2, 0.25) is 5.02 Å². The van der Waals surface area contributed by atoms with Crippen molar-refractivity contribution < 1.29 is 19.1 Å². The highest BCUT2D eigenvalue weighted by Crippen LogP contribution is 2.35. The van der Waals surface area contributed by atoms with Gasteiger partial charge in [-0.15, -0.1) is 0 Å². The summed E-state index contributed by atoms with van der Waals surface area (Å²) >= 11 is 6.03. The van der Waals surface area contributed by atoms with Gasteiger partial charge in [-0.2, -0.15) is 0 Å². The molecule has 6 nitrogen and oxygen atoms in total. The summed E-state index contributed by atoms with van der Waals surface area (Å²) in [6, 6.07) is 3.02. The number of rotatable bonds is 5. The van der Waals surface area contributed by atoms with Crippen molar-refractivity contribution in [3.05, 3.63) is 17.2 Å². The predicted molar refractivity (Wildman–Crippen MR) is 99.5 cm³/mol. The van der Waals surface area contributed by atoms with Crippen LogP contribution in [-0.2, 0) is 9.59 Å². The summed E-state index contributed by atoms with van der Waals surface area (Å²) in [6.07, 6.45) is 0.719. The van der Waals surface area contributed by atoms with E-state index in [0.717, 1.165) is 6.42 Å². The zero-order valence-corrected chi connectivity index (χ0v) is 16.6. The lowest BCUT2D eigenvalue weighted by molar-refractivity contribution is -0.137. The van der Waals surface area contributed by atoms with Crippen molar-refractivity contribution in [1.29, 1.82) is 0 Å². The smallest absolute Gasteiger partial charge is 0.313 e. The van der Waals surface area contributed by atoms with Crippen molar-refractivity contribution in [3.8, 4) is 11.5 Å². The van der Waals surface area contributed by atoms with E-state index >= 15 is 0 Å². The maximum Gasteiger partial charge on any atom is 0.313 e. The van der Waals surface area contributed by atoms with Gasteiger partial charge in [0, 0.05) is 17.7 Å². The maximum absolute atomic E-state index is 12.3. The first-order valence-electron chi connectivity index (χ1n) is 7.93. The molecule has 0 aliphatic carbocycles. The van der Waals surface area contributed by atoms with Crippen molar-refractivity contribution in [2.45, 2.75) is 46.6 Å². The molecule has 1 aromatic carbocycles. The van der Waals surface area contributed by atoms with E-state index in [1.165, 1.54) is 26.4 Å². The van der Waals surface area contributed by atoms with Crippen molar-refractivity contribution >= 4 is 29.1 Å². The molecule has 1 rings (SSSR count). The highest BCUT2D eigenvalue weighted by molar-refractivity contribution is 6.40. The molecule has 0 aromatic heterocycles. The lowest BCUT2D eigenvalue weighted by Gasteiger charge is -2.33. The molecular weight excluding hydrogens is 344 g/mol. The Bertz CT molecular complexity index is 651. The van der Waals surface area contributed by atoms with Crippen LogP contribution in [0.4, 0.5) is 5.69 Å². The summed E-state index contributed by atoms with van der Waals surface area (Å²) < 4.78 is 10.3. The van der Waals surface area contributed by atoms with Gasteiger partial charge in [-0.25, -0.2) is 0 Å². The largest absolute Gasteiger partial charge is 0.495 e. The molecule has 0 saturated carbocycles. The van der Waals surface area contributed by atoms with Crippen LogP contribution < -0.4 is 20.1 Å². The molecule has 2 N–H and O–H groups in total. The van der Waals surface area contributed by atoms with Gasteiger partial charge >= 0.3 is 11.8 Å². The fourth-order valence-electron chi connectivity index (χ4n) is 2.87.